The molecular formula is C15H24N2O. The van der Waals surface area contributed by atoms with E-state index in [9.17, 15) is 4.79 Å². The summed E-state index contributed by atoms with van der Waals surface area (Å²) in [5.74, 6) is -0.199. The first-order chi connectivity index (χ1) is 8.40. The second-order valence-corrected chi connectivity index (χ2v) is 4.61. The number of rotatable bonds is 10. The fourth-order valence-electron chi connectivity index (χ4n) is 2.06. The van der Waals surface area contributed by atoms with E-state index in [0.29, 0.717) is 25.7 Å². The standard InChI is InChI=1S/C15H24N2O/c1-5-9-14(16,10-6-2)13(18)15(17,11-7-3)12-8-4/h5-8H,1-4,9-12,16-17H2. The van der Waals surface area contributed by atoms with Crippen LogP contribution in [0, 0.1) is 0 Å². The van der Waals surface area contributed by atoms with Crippen molar-refractivity contribution in [2.45, 2.75) is 36.8 Å². The summed E-state index contributed by atoms with van der Waals surface area (Å²) in [6.45, 7) is 14.5. The van der Waals surface area contributed by atoms with E-state index in [0.717, 1.165) is 0 Å². The smallest absolute Gasteiger partial charge is 0.173 e. The number of carbonyl (C=O) groups excluding carboxylic acids is 1. The van der Waals surface area contributed by atoms with Gasteiger partial charge in [0.1, 0.15) is 0 Å². The van der Waals surface area contributed by atoms with Crippen LogP contribution in [0.1, 0.15) is 25.7 Å². The predicted molar refractivity (Wildman–Crippen MR) is 78.1 cm³/mol. The third-order valence-electron chi connectivity index (χ3n) is 2.94. The summed E-state index contributed by atoms with van der Waals surface area (Å²) < 4.78 is 0. The Morgan fingerprint density at radius 3 is 1.17 bits per heavy atom. The van der Waals surface area contributed by atoms with Gasteiger partial charge in [0.15, 0.2) is 5.78 Å². The summed E-state index contributed by atoms with van der Waals surface area (Å²) in [5.41, 5.74) is 10.2. The topological polar surface area (TPSA) is 69.1 Å². The molecule has 0 spiro atoms. The molecular weight excluding hydrogens is 224 g/mol. The van der Waals surface area contributed by atoms with Crippen LogP contribution in [0.5, 0.6) is 0 Å². The summed E-state index contributed by atoms with van der Waals surface area (Å²) in [6.07, 6.45) is 7.98. The minimum Gasteiger partial charge on any atom is -0.318 e. The molecule has 0 radical (unpaired) electrons. The van der Waals surface area contributed by atoms with Crippen LogP contribution in [-0.4, -0.2) is 16.9 Å². The van der Waals surface area contributed by atoms with E-state index in [2.05, 4.69) is 26.3 Å². The maximum absolute atomic E-state index is 12.6. The molecule has 18 heavy (non-hydrogen) atoms. The molecule has 100 valence electrons. The SMILES string of the molecule is C=CCC(N)(CC=C)C(=O)C(N)(CC=C)CC=C. The Balaban J connectivity index is 5.35. The number of hydrogen-bond acceptors (Lipinski definition) is 3. The fraction of sp³-hybridized carbons (Fsp3) is 0.400. The number of nitrogens with two attached hydrogens (primary N) is 2. The van der Waals surface area contributed by atoms with Gasteiger partial charge >= 0.3 is 0 Å². The summed E-state index contributed by atoms with van der Waals surface area (Å²) in [5, 5.41) is 0. The average molecular weight is 248 g/mol. The van der Waals surface area contributed by atoms with Crippen molar-refractivity contribution in [2.75, 3.05) is 0 Å². The van der Waals surface area contributed by atoms with Gasteiger partial charge in [-0.05, 0) is 25.7 Å². The summed E-state index contributed by atoms with van der Waals surface area (Å²) in [6, 6.07) is 0. The second kappa shape index (κ2) is 7.09. The van der Waals surface area contributed by atoms with Gasteiger partial charge in [-0.1, -0.05) is 24.3 Å². The van der Waals surface area contributed by atoms with Gasteiger partial charge in [-0.3, -0.25) is 4.79 Å². The molecule has 0 unspecified atom stereocenters. The third kappa shape index (κ3) is 3.79. The molecule has 0 aromatic carbocycles. The molecule has 0 saturated carbocycles. The Hall–Kier alpha value is -1.45. The fourth-order valence-corrected chi connectivity index (χ4v) is 2.06. The Kier molecular flexibility index (Phi) is 6.52. The second-order valence-electron chi connectivity index (χ2n) is 4.61. The first-order valence-corrected chi connectivity index (χ1v) is 5.96. The maximum atomic E-state index is 12.6. The van der Waals surface area contributed by atoms with Crippen LogP contribution < -0.4 is 11.5 Å². The van der Waals surface area contributed by atoms with Gasteiger partial charge in [0.05, 0.1) is 11.1 Å². The number of hydrogen-bond donors (Lipinski definition) is 2. The van der Waals surface area contributed by atoms with Crippen molar-refractivity contribution < 1.29 is 4.79 Å². The van der Waals surface area contributed by atoms with E-state index >= 15 is 0 Å². The molecule has 0 rings (SSSR count). The predicted octanol–water partition coefficient (Wildman–Crippen LogP) is 2.25. The molecule has 0 aromatic heterocycles. The minimum atomic E-state index is -1.05. The first kappa shape index (κ1) is 16.6. The van der Waals surface area contributed by atoms with E-state index in [1.807, 2.05) is 0 Å². The lowest BCUT2D eigenvalue weighted by molar-refractivity contribution is -0.129. The van der Waals surface area contributed by atoms with Crippen LogP contribution in [0.3, 0.4) is 0 Å². The molecule has 3 nitrogen and oxygen atoms in total. The molecule has 0 amide bonds. The van der Waals surface area contributed by atoms with Crippen LogP contribution >= 0.6 is 0 Å². The highest BCUT2D eigenvalue weighted by Gasteiger charge is 2.43. The van der Waals surface area contributed by atoms with Crippen molar-refractivity contribution in [2.24, 2.45) is 11.5 Å². The summed E-state index contributed by atoms with van der Waals surface area (Å²) in [4.78, 5) is 12.6. The Bertz CT molecular complexity index is 292. The zero-order valence-electron chi connectivity index (χ0n) is 11.0. The Morgan fingerprint density at radius 1 is 0.778 bits per heavy atom. The maximum Gasteiger partial charge on any atom is 0.173 e. The molecule has 0 aliphatic heterocycles. The van der Waals surface area contributed by atoms with Crippen LogP contribution in [0.15, 0.2) is 50.6 Å². The lowest BCUT2D eigenvalue weighted by Gasteiger charge is -2.36. The molecule has 4 N–H and O–H groups in total. The number of Topliss-reactive ketones (excluding diaryl/α,β-unsaturated/α-hetero) is 1. The van der Waals surface area contributed by atoms with E-state index < -0.39 is 11.1 Å². The lowest BCUT2D eigenvalue weighted by atomic mass is 9.74. The van der Waals surface area contributed by atoms with Crippen molar-refractivity contribution in [1.29, 1.82) is 0 Å². The van der Waals surface area contributed by atoms with Crippen LogP contribution in [0.2, 0.25) is 0 Å². The largest absolute Gasteiger partial charge is 0.318 e. The molecule has 0 aliphatic rings. The van der Waals surface area contributed by atoms with E-state index in [-0.39, 0.29) is 5.78 Å². The highest BCUT2D eigenvalue weighted by atomic mass is 16.1. The first-order valence-electron chi connectivity index (χ1n) is 5.96. The van der Waals surface area contributed by atoms with E-state index in [1.54, 1.807) is 24.3 Å². The zero-order valence-corrected chi connectivity index (χ0v) is 11.0. The van der Waals surface area contributed by atoms with Gasteiger partial charge in [-0.2, -0.15) is 0 Å². The normalized spacial score (nSPS) is 11.7. The molecule has 0 heterocycles. The van der Waals surface area contributed by atoms with Gasteiger partial charge in [0.25, 0.3) is 0 Å². The quantitative estimate of drug-likeness (QED) is 0.583. The van der Waals surface area contributed by atoms with Crippen molar-refractivity contribution >= 4 is 5.78 Å². The summed E-state index contributed by atoms with van der Waals surface area (Å²) in [7, 11) is 0. The molecule has 0 bridgehead atoms. The van der Waals surface area contributed by atoms with Gasteiger partial charge in [-0.25, -0.2) is 0 Å². The average Bonchev–Trinajstić information content (AvgIpc) is 2.29. The van der Waals surface area contributed by atoms with E-state index in [1.165, 1.54) is 0 Å². The van der Waals surface area contributed by atoms with Crippen molar-refractivity contribution in [3.63, 3.8) is 0 Å². The molecule has 3 heteroatoms. The molecule has 0 saturated heterocycles. The minimum absolute atomic E-state index is 0.199. The molecule has 0 aliphatic carbocycles. The zero-order chi connectivity index (χ0) is 14.2. The van der Waals surface area contributed by atoms with Crippen LogP contribution in [0.25, 0.3) is 0 Å². The van der Waals surface area contributed by atoms with Crippen molar-refractivity contribution in [3.8, 4) is 0 Å². The van der Waals surface area contributed by atoms with Crippen LogP contribution in [0.4, 0.5) is 0 Å². The highest BCUT2D eigenvalue weighted by Crippen LogP contribution is 2.26. The molecule has 0 aromatic rings. The molecule has 0 atom stereocenters. The Morgan fingerprint density at radius 2 is 1.00 bits per heavy atom. The third-order valence-corrected chi connectivity index (χ3v) is 2.94. The van der Waals surface area contributed by atoms with Crippen LogP contribution in [-0.2, 0) is 4.79 Å². The lowest BCUT2D eigenvalue weighted by Crippen LogP contribution is -2.61. The van der Waals surface area contributed by atoms with Gasteiger partial charge in [0.2, 0.25) is 0 Å². The number of carbonyl (C=O) groups is 1. The van der Waals surface area contributed by atoms with Crippen molar-refractivity contribution in [1.82, 2.24) is 0 Å². The highest BCUT2D eigenvalue weighted by molar-refractivity contribution is 5.97. The van der Waals surface area contributed by atoms with Gasteiger partial charge in [-0.15, -0.1) is 26.3 Å². The van der Waals surface area contributed by atoms with Crippen molar-refractivity contribution in [3.05, 3.63) is 50.6 Å². The van der Waals surface area contributed by atoms with Gasteiger partial charge < -0.3 is 11.5 Å². The van der Waals surface area contributed by atoms with Gasteiger partial charge in [0, 0.05) is 0 Å². The summed E-state index contributed by atoms with van der Waals surface area (Å²) >= 11 is 0. The number of ketones is 1. The molecule has 0 fully saturated rings. The monoisotopic (exact) mass is 248 g/mol. The Labute approximate surface area is 110 Å². The van der Waals surface area contributed by atoms with E-state index in [4.69, 9.17) is 11.5 Å².